The predicted octanol–water partition coefficient (Wildman–Crippen LogP) is 4.27. The van der Waals surface area contributed by atoms with Crippen LogP contribution in [0.1, 0.15) is 40.5 Å². The minimum absolute atomic E-state index is 0.0426. The zero-order valence-electron chi connectivity index (χ0n) is 8.53. The number of hydrogen-bond acceptors (Lipinski definition) is 0. The molecule has 0 aromatic rings. The summed E-state index contributed by atoms with van der Waals surface area (Å²) in [5.41, 5.74) is -0.296. The maximum Gasteiger partial charge on any atom is 0.239 e. The van der Waals surface area contributed by atoms with Crippen LogP contribution in [0.5, 0.6) is 0 Å². The summed E-state index contributed by atoms with van der Waals surface area (Å²) >= 11 is 0. The van der Waals surface area contributed by atoms with Crippen LogP contribution in [0, 0.1) is 5.41 Å². The fourth-order valence-electron chi connectivity index (χ4n) is 0.892. The first-order valence-corrected chi connectivity index (χ1v) is 4.37. The third-order valence-electron chi connectivity index (χ3n) is 1.40. The Morgan fingerprint density at radius 1 is 1.33 bits per heavy atom. The molecule has 0 N–H and O–H groups in total. The molecule has 0 aliphatic rings. The van der Waals surface area contributed by atoms with Crippen molar-refractivity contribution < 1.29 is 8.78 Å². The van der Waals surface area contributed by atoms with E-state index in [9.17, 15) is 8.78 Å². The molecule has 0 radical (unpaired) electrons. The molecule has 0 spiro atoms. The fraction of sp³-hybridized carbons (Fsp3) is 0.800. The molecule has 0 aliphatic carbocycles. The highest BCUT2D eigenvalue weighted by Gasteiger charge is 2.20. The Labute approximate surface area is 74.7 Å². The van der Waals surface area contributed by atoms with Crippen molar-refractivity contribution in [3.8, 4) is 0 Å². The van der Waals surface area contributed by atoms with Crippen LogP contribution < -0.4 is 0 Å². The molecule has 12 heavy (non-hydrogen) atoms. The van der Waals surface area contributed by atoms with Crippen LogP contribution in [-0.2, 0) is 0 Å². The maximum absolute atomic E-state index is 11.8. The molecular formula is C10H20F2. The van der Waals surface area contributed by atoms with Crippen molar-refractivity contribution in [2.75, 3.05) is 0 Å². The van der Waals surface area contributed by atoms with E-state index in [0.717, 1.165) is 0 Å². The Kier molecular flexibility index (Phi) is 8.56. The zero-order chi connectivity index (χ0) is 10.2. The largest absolute Gasteiger partial charge is 0.239 e. The van der Waals surface area contributed by atoms with Gasteiger partial charge in [0.1, 0.15) is 0 Å². The van der Waals surface area contributed by atoms with E-state index in [2.05, 4.69) is 6.58 Å². The minimum atomic E-state index is -2.20. The van der Waals surface area contributed by atoms with Gasteiger partial charge in [-0.1, -0.05) is 33.8 Å². The van der Waals surface area contributed by atoms with E-state index in [4.69, 9.17) is 0 Å². The van der Waals surface area contributed by atoms with Crippen molar-refractivity contribution in [1.29, 1.82) is 0 Å². The first kappa shape index (κ1) is 14.1. The van der Waals surface area contributed by atoms with Crippen LogP contribution in [0.4, 0.5) is 8.78 Å². The van der Waals surface area contributed by atoms with E-state index in [-0.39, 0.29) is 11.8 Å². The van der Waals surface area contributed by atoms with Gasteiger partial charge in [-0.25, -0.2) is 8.78 Å². The number of allylic oxidation sites excluding steroid dienone is 1. The molecule has 0 aromatic carbocycles. The highest BCUT2D eigenvalue weighted by atomic mass is 19.3. The van der Waals surface area contributed by atoms with Crippen LogP contribution in [0.2, 0.25) is 0 Å². The van der Waals surface area contributed by atoms with Gasteiger partial charge < -0.3 is 0 Å². The van der Waals surface area contributed by atoms with Crippen molar-refractivity contribution in [1.82, 2.24) is 0 Å². The molecule has 2 heteroatoms. The van der Waals surface area contributed by atoms with E-state index in [1.54, 1.807) is 6.08 Å². The van der Waals surface area contributed by atoms with Crippen LogP contribution in [-0.4, -0.2) is 6.43 Å². The quantitative estimate of drug-likeness (QED) is 0.564. The lowest BCUT2D eigenvalue weighted by Crippen LogP contribution is -2.14. The van der Waals surface area contributed by atoms with E-state index in [1.807, 2.05) is 27.7 Å². The standard InChI is InChI=1S/C8H14F2.C2H6/c1-4-5-8(2,3)6-7(9)10;1-2/h4,7H,1,5-6H2,2-3H3;1-2H3. The van der Waals surface area contributed by atoms with Gasteiger partial charge >= 0.3 is 0 Å². The maximum atomic E-state index is 11.8. The monoisotopic (exact) mass is 178 g/mol. The topological polar surface area (TPSA) is 0 Å². The molecule has 0 rings (SSSR count). The van der Waals surface area contributed by atoms with Gasteiger partial charge in [0.2, 0.25) is 6.43 Å². The molecule has 0 bridgehead atoms. The normalized spacial score (nSPS) is 10.6. The molecule has 0 aromatic heterocycles. The minimum Gasteiger partial charge on any atom is -0.211 e. The Hall–Kier alpha value is -0.400. The van der Waals surface area contributed by atoms with E-state index in [0.29, 0.717) is 6.42 Å². The van der Waals surface area contributed by atoms with Crippen molar-refractivity contribution >= 4 is 0 Å². The molecule has 0 fully saturated rings. The van der Waals surface area contributed by atoms with E-state index < -0.39 is 6.43 Å². The average Bonchev–Trinajstić information content (AvgIpc) is 1.88. The predicted molar refractivity (Wildman–Crippen MR) is 50.6 cm³/mol. The lowest BCUT2D eigenvalue weighted by molar-refractivity contribution is 0.0885. The zero-order valence-corrected chi connectivity index (χ0v) is 8.53. The van der Waals surface area contributed by atoms with E-state index in [1.165, 1.54) is 0 Å². The van der Waals surface area contributed by atoms with Gasteiger partial charge in [0, 0.05) is 6.42 Å². The van der Waals surface area contributed by atoms with Crippen LogP contribution in [0.3, 0.4) is 0 Å². The summed E-state index contributed by atoms with van der Waals surface area (Å²) in [7, 11) is 0. The number of alkyl halides is 2. The van der Waals surface area contributed by atoms with Gasteiger partial charge in [-0.05, 0) is 11.8 Å². The Balaban J connectivity index is 0. The number of halogens is 2. The van der Waals surface area contributed by atoms with Gasteiger partial charge in [-0.15, -0.1) is 6.58 Å². The molecular weight excluding hydrogens is 158 g/mol. The van der Waals surface area contributed by atoms with Crippen LogP contribution >= 0.6 is 0 Å². The molecule has 0 amide bonds. The third-order valence-corrected chi connectivity index (χ3v) is 1.40. The second kappa shape index (κ2) is 7.26. The summed E-state index contributed by atoms with van der Waals surface area (Å²) in [6, 6.07) is 0. The molecule has 0 nitrogen and oxygen atoms in total. The summed E-state index contributed by atoms with van der Waals surface area (Å²) in [5, 5.41) is 0. The summed E-state index contributed by atoms with van der Waals surface area (Å²) in [6.07, 6.45) is 0.0913. The average molecular weight is 178 g/mol. The summed E-state index contributed by atoms with van der Waals surface area (Å²) < 4.78 is 23.6. The van der Waals surface area contributed by atoms with Crippen LogP contribution in [0.25, 0.3) is 0 Å². The van der Waals surface area contributed by atoms with Crippen LogP contribution in [0.15, 0.2) is 12.7 Å². The van der Waals surface area contributed by atoms with Gasteiger partial charge in [-0.2, -0.15) is 0 Å². The van der Waals surface area contributed by atoms with Crippen molar-refractivity contribution in [2.45, 2.75) is 47.0 Å². The molecule has 0 unspecified atom stereocenters. The highest BCUT2D eigenvalue weighted by molar-refractivity contribution is 4.79. The lowest BCUT2D eigenvalue weighted by Gasteiger charge is -2.21. The smallest absolute Gasteiger partial charge is 0.211 e. The molecule has 0 saturated heterocycles. The lowest BCUT2D eigenvalue weighted by atomic mass is 9.86. The Bertz CT molecular complexity index is 106. The molecule has 74 valence electrons. The SMILES string of the molecule is C=CCC(C)(C)CC(F)F.CC. The molecule has 0 saturated carbocycles. The first-order valence-electron chi connectivity index (χ1n) is 4.37. The second-order valence-corrected chi connectivity index (χ2v) is 3.25. The van der Waals surface area contributed by atoms with Gasteiger partial charge in [0.25, 0.3) is 0 Å². The van der Waals surface area contributed by atoms with Crippen molar-refractivity contribution in [3.63, 3.8) is 0 Å². The Morgan fingerprint density at radius 2 is 1.75 bits per heavy atom. The number of hydrogen-bond donors (Lipinski definition) is 0. The first-order chi connectivity index (χ1) is 5.48. The second-order valence-electron chi connectivity index (χ2n) is 3.25. The van der Waals surface area contributed by atoms with Gasteiger partial charge in [-0.3, -0.25) is 0 Å². The molecule has 0 atom stereocenters. The van der Waals surface area contributed by atoms with Crippen molar-refractivity contribution in [3.05, 3.63) is 12.7 Å². The Morgan fingerprint density at radius 3 is 2.00 bits per heavy atom. The summed E-state index contributed by atoms with van der Waals surface area (Å²) in [6.45, 7) is 11.1. The van der Waals surface area contributed by atoms with Gasteiger partial charge in [0.05, 0.1) is 0 Å². The molecule has 0 aliphatic heterocycles. The summed E-state index contributed by atoms with van der Waals surface area (Å²) in [4.78, 5) is 0. The fourth-order valence-corrected chi connectivity index (χ4v) is 0.892. The summed E-state index contributed by atoms with van der Waals surface area (Å²) in [5.74, 6) is 0. The third kappa shape index (κ3) is 9.60. The van der Waals surface area contributed by atoms with E-state index >= 15 is 0 Å². The van der Waals surface area contributed by atoms with Gasteiger partial charge in [0.15, 0.2) is 0 Å². The van der Waals surface area contributed by atoms with Crippen molar-refractivity contribution in [2.24, 2.45) is 5.41 Å². The number of rotatable bonds is 4. The molecule has 0 heterocycles. The highest BCUT2D eigenvalue weighted by Crippen LogP contribution is 2.28.